The number of aliphatic hydroxyl groups is 1. The van der Waals surface area contributed by atoms with Crippen molar-refractivity contribution in [2.45, 2.75) is 49.4 Å². The van der Waals surface area contributed by atoms with E-state index in [0.29, 0.717) is 42.4 Å². The van der Waals surface area contributed by atoms with Gasteiger partial charge in [-0.05, 0) is 49.9 Å². The highest BCUT2D eigenvalue weighted by atomic mass is 35.5. The molecular weight excluding hydrogens is 626 g/mol. The van der Waals surface area contributed by atoms with Crippen molar-refractivity contribution in [1.82, 2.24) is 15.3 Å². The van der Waals surface area contributed by atoms with E-state index in [1.165, 1.54) is 31.7 Å². The minimum atomic E-state index is -1.65. The molecule has 3 aliphatic rings. The van der Waals surface area contributed by atoms with E-state index in [9.17, 15) is 19.1 Å². The van der Waals surface area contributed by atoms with E-state index in [-0.39, 0.29) is 63.4 Å². The molecule has 1 aromatic carbocycles. The number of hydrogen-bond acceptors (Lipinski definition) is 9. The number of aliphatic imine (C=N–C) groups is 1. The number of hydrogen-bond donors (Lipinski definition) is 4. The summed E-state index contributed by atoms with van der Waals surface area (Å²) in [7, 11) is 1.40. The van der Waals surface area contributed by atoms with Gasteiger partial charge in [0.05, 0.1) is 30.1 Å². The first kappa shape index (κ1) is 31.0. The quantitative estimate of drug-likeness (QED) is 0.109. The highest BCUT2D eigenvalue weighted by molar-refractivity contribution is 6.43. The Labute approximate surface area is 268 Å². The van der Waals surface area contributed by atoms with Gasteiger partial charge in [0.1, 0.15) is 40.0 Å². The first-order chi connectivity index (χ1) is 21.3. The molecule has 6 rings (SSSR count). The summed E-state index contributed by atoms with van der Waals surface area (Å²) in [5, 5.41) is 15.2. The van der Waals surface area contributed by atoms with Crippen LogP contribution >= 0.6 is 23.2 Å². The van der Waals surface area contributed by atoms with E-state index in [4.69, 9.17) is 49.1 Å². The molecule has 2 aliphatic carbocycles. The second-order valence-electron chi connectivity index (χ2n) is 11.9. The van der Waals surface area contributed by atoms with Gasteiger partial charge in [-0.1, -0.05) is 23.2 Å². The number of ether oxygens (including phenoxy) is 2. The number of primary amides is 1. The van der Waals surface area contributed by atoms with E-state index >= 15 is 0 Å². The monoisotopic (exact) mass is 656 g/mol. The molecule has 1 aliphatic heterocycles. The van der Waals surface area contributed by atoms with Gasteiger partial charge in [0.15, 0.2) is 5.79 Å². The van der Waals surface area contributed by atoms with Gasteiger partial charge in [0, 0.05) is 47.5 Å². The van der Waals surface area contributed by atoms with Crippen LogP contribution in [0.25, 0.3) is 11.3 Å². The van der Waals surface area contributed by atoms with Crippen LogP contribution in [0, 0.1) is 5.92 Å². The summed E-state index contributed by atoms with van der Waals surface area (Å²) >= 11 is 12.7. The smallest absolute Gasteiger partial charge is 0.251 e. The highest BCUT2D eigenvalue weighted by Gasteiger charge is 2.50. The number of alkyl halides is 1. The SMILES string of the molecule is COc1cc(C(=O)NC[C@@](O)(c2cc3c(c(-c4ccnc(Cl)c4Cl)n2)OC[C@]3(C)C(N)=O)C2CC2)cc(/C=N/C2(F)CC2)c1N. The van der Waals surface area contributed by atoms with Crippen LogP contribution in [0.15, 0.2) is 35.5 Å². The van der Waals surface area contributed by atoms with Gasteiger partial charge in [-0.2, -0.15) is 0 Å². The Morgan fingerprint density at radius 3 is 2.69 bits per heavy atom. The Morgan fingerprint density at radius 2 is 2.04 bits per heavy atom. The molecule has 0 radical (unpaired) electrons. The molecule has 3 heterocycles. The number of amides is 2. The van der Waals surface area contributed by atoms with Gasteiger partial charge in [0.2, 0.25) is 5.91 Å². The summed E-state index contributed by atoms with van der Waals surface area (Å²) in [6.07, 6.45) is 4.75. The second-order valence-corrected chi connectivity index (χ2v) is 12.7. The fourth-order valence-corrected chi connectivity index (χ4v) is 5.75. The minimum Gasteiger partial charge on any atom is -0.495 e. The number of aromatic nitrogens is 2. The molecular formula is C31H31Cl2FN6O5. The third kappa shape index (κ3) is 5.55. The fraction of sp³-hybridized carbons (Fsp3) is 0.387. The molecule has 2 fully saturated rings. The molecule has 14 heteroatoms. The number of carbonyl (C=O) groups excluding carboxylic acids is 2. The summed E-state index contributed by atoms with van der Waals surface area (Å²) in [5.41, 5.74) is 11.1. The summed E-state index contributed by atoms with van der Waals surface area (Å²) < 4.78 is 25.5. The number of anilines is 1. The van der Waals surface area contributed by atoms with Crippen molar-refractivity contribution >= 4 is 46.9 Å². The van der Waals surface area contributed by atoms with Crippen LogP contribution in [0.2, 0.25) is 10.2 Å². The lowest BCUT2D eigenvalue weighted by Crippen LogP contribution is -2.44. The third-order valence-electron chi connectivity index (χ3n) is 8.69. The standard InChI is InChI=1S/C31H31Cl2FN6O5/c1-29(28(36)42)14-45-25-19(29)11-21(40-24(25)18-5-8-37-26(33)22(18)32)31(43,17-3-4-17)13-38-27(41)15-9-16(12-39-30(34)6-7-30)23(35)20(10-15)44-2/h5,8-12,17,43H,3-4,6-7,13-14,35H2,1-2H3,(H2,36,42)(H,38,41)/b39-12+/t29-,31-/m0/s1. The average Bonchev–Trinajstić information content (AvgIpc) is 3.96. The van der Waals surface area contributed by atoms with Crippen molar-refractivity contribution in [2.75, 3.05) is 26.0 Å². The molecule has 3 aromatic rings. The van der Waals surface area contributed by atoms with Crippen molar-refractivity contribution in [3.8, 4) is 22.8 Å². The fourth-order valence-electron chi connectivity index (χ4n) is 5.39. The molecule has 0 spiro atoms. The van der Waals surface area contributed by atoms with Gasteiger partial charge in [-0.25, -0.2) is 14.4 Å². The number of nitrogens with one attached hydrogen (secondary N) is 1. The number of nitrogen functional groups attached to an aromatic ring is 1. The normalized spacial score (nSPS) is 21.1. The number of benzene rings is 1. The number of carbonyl (C=O) groups is 2. The number of rotatable bonds is 10. The van der Waals surface area contributed by atoms with E-state index in [0.717, 1.165) is 0 Å². The van der Waals surface area contributed by atoms with Crippen molar-refractivity contribution in [3.63, 3.8) is 0 Å². The Kier molecular flexibility index (Phi) is 7.65. The van der Waals surface area contributed by atoms with Crippen molar-refractivity contribution in [1.29, 1.82) is 0 Å². The van der Waals surface area contributed by atoms with Crippen LogP contribution < -0.4 is 26.3 Å². The van der Waals surface area contributed by atoms with Crippen LogP contribution in [0.1, 0.15) is 59.8 Å². The maximum absolute atomic E-state index is 14.2. The van der Waals surface area contributed by atoms with Crippen LogP contribution in [0.3, 0.4) is 0 Å². The number of fused-ring (bicyclic) bond motifs is 1. The molecule has 0 saturated heterocycles. The van der Waals surface area contributed by atoms with Crippen LogP contribution in [0.5, 0.6) is 11.5 Å². The molecule has 0 unspecified atom stereocenters. The van der Waals surface area contributed by atoms with Crippen LogP contribution in [-0.4, -0.2) is 59.2 Å². The average molecular weight is 658 g/mol. The lowest BCUT2D eigenvalue weighted by Gasteiger charge is -2.30. The molecule has 2 atom stereocenters. The van der Waals surface area contributed by atoms with Crippen molar-refractivity contribution in [3.05, 3.63) is 63.0 Å². The van der Waals surface area contributed by atoms with Gasteiger partial charge >= 0.3 is 0 Å². The van der Waals surface area contributed by atoms with Crippen molar-refractivity contribution < 1.29 is 28.6 Å². The first-order valence-electron chi connectivity index (χ1n) is 14.3. The molecule has 6 N–H and O–H groups in total. The molecule has 2 amide bonds. The van der Waals surface area contributed by atoms with Gasteiger partial charge < -0.3 is 31.4 Å². The van der Waals surface area contributed by atoms with E-state index in [1.54, 1.807) is 19.1 Å². The number of halogens is 3. The maximum Gasteiger partial charge on any atom is 0.251 e. The Morgan fingerprint density at radius 1 is 1.31 bits per heavy atom. The Hall–Kier alpha value is -4.00. The van der Waals surface area contributed by atoms with E-state index in [2.05, 4.69) is 15.3 Å². The Balaban J connectivity index is 1.38. The maximum atomic E-state index is 14.2. The largest absolute Gasteiger partial charge is 0.495 e. The number of pyridine rings is 2. The third-order valence-corrected chi connectivity index (χ3v) is 9.45. The lowest BCUT2D eigenvalue weighted by atomic mass is 9.81. The summed E-state index contributed by atoms with van der Waals surface area (Å²) in [4.78, 5) is 38.9. The number of nitrogens with two attached hydrogens (primary N) is 2. The predicted molar refractivity (Wildman–Crippen MR) is 167 cm³/mol. The summed E-state index contributed by atoms with van der Waals surface area (Å²) in [6, 6.07) is 6.14. The van der Waals surface area contributed by atoms with Gasteiger partial charge in [-0.3, -0.25) is 14.6 Å². The Bertz CT molecular complexity index is 1760. The highest BCUT2D eigenvalue weighted by Crippen LogP contribution is 2.51. The summed E-state index contributed by atoms with van der Waals surface area (Å²) in [5.74, 6) is -2.52. The molecule has 45 heavy (non-hydrogen) atoms. The first-order valence-corrected chi connectivity index (χ1v) is 15.1. The summed E-state index contributed by atoms with van der Waals surface area (Å²) in [6.45, 7) is 1.38. The van der Waals surface area contributed by atoms with E-state index < -0.39 is 28.6 Å². The number of methoxy groups -OCH3 is 1. The molecule has 236 valence electrons. The van der Waals surface area contributed by atoms with Crippen LogP contribution in [0.4, 0.5) is 10.1 Å². The zero-order valence-corrected chi connectivity index (χ0v) is 26.0. The predicted octanol–water partition coefficient (Wildman–Crippen LogP) is 4.08. The molecule has 2 aromatic heterocycles. The van der Waals surface area contributed by atoms with Crippen molar-refractivity contribution in [2.24, 2.45) is 16.6 Å². The zero-order chi connectivity index (χ0) is 32.3. The zero-order valence-electron chi connectivity index (χ0n) is 24.5. The van der Waals surface area contributed by atoms with E-state index in [1.807, 2.05) is 0 Å². The topological polar surface area (TPSA) is 175 Å². The minimum absolute atomic E-state index is 0.0395. The van der Waals surface area contributed by atoms with Gasteiger partial charge in [-0.15, -0.1) is 0 Å². The number of nitrogens with zero attached hydrogens (tertiary/aromatic N) is 3. The molecule has 2 saturated carbocycles. The molecule has 0 bridgehead atoms. The van der Waals surface area contributed by atoms with Gasteiger partial charge in [0.25, 0.3) is 5.91 Å². The molecule has 11 nitrogen and oxygen atoms in total. The van der Waals surface area contributed by atoms with Crippen LogP contribution in [-0.2, 0) is 15.8 Å². The lowest BCUT2D eigenvalue weighted by molar-refractivity contribution is -0.123. The second kappa shape index (κ2) is 11.1.